The molecule has 0 bridgehead atoms. The van der Waals surface area contributed by atoms with Crippen molar-refractivity contribution in [2.45, 2.75) is 108 Å². The standard InChI is InChI=1S/C55H60O10/c1-40-48(58-34-42-23-11-4-12-24-42)50(59-35-43-25-13-5-14-26-43)53(62-38-46-31-19-8-20-32-46)55(63-40)65-49-47(39-57-33-41-21-9-3-10-22-41)64-54(56-2)52(61-37-45-29-17-7-18-30-45)51(49)60-36-44-27-15-6-16-28-44/h3-32,40,47-55H,33-39H2,1-2H3/t40-,47+,48+,49+,50+,51-,52+,53-,54-,55-/m0/s1. The lowest BCUT2D eigenvalue weighted by Crippen LogP contribution is -2.65. The Balaban J connectivity index is 1.15. The Hall–Kier alpha value is -5.08. The SMILES string of the molecule is CO[C@H]1O[C@H](COCc2ccccc2)[C@@H](O[C@@H]2O[C@@H](C)[C@@H](OCc3ccccc3)[C@@H](OCc3ccccc3)[C@@H]2OCc2ccccc2)[C@H](OCc2ccccc2)[C@H]1OCc1ccccc1. The molecule has 0 N–H and O–H groups in total. The Kier molecular flexibility index (Phi) is 17.5. The summed E-state index contributed by atoms with van der Waals surface area (Å²) in [6.45, 7) is 4.02. The molecule has 0 unspecified atom stereocenters. The topological polar surface area (TPSA) is 92.3 Å². The Labute approximate surface area is 383 Å². The molecule has 2 aliphatic heterocycles. The molecule has 2 saturated heterocycles. The van der Waals surface area contributed by atoms with E-state index in [1.807, 2.05) is 189 Å². The second-order valence-corrected chi connectivity index (χ2v) is 16.4. The minimum atomic E-state index is -0.979. The van der Waals surface area contributed by atoms with Crippen LogP contribution in [-0.4, -0.2) is 75.1 Å². The number of methoxy groups -OCH3 is 1. The largest absolute Gasteiger partial charge is 0.374 e. The lowest BCUT2D eigenvalue weighted by molar-refractivity contribution is -0.372. The molecule has 10 atom stereocenters. The Morgan fingerprint density at radius 3 is 1.06 bits per heavy atom. The Morgan fingerprint density at radius 2 is 0.677 bits per heavy atom. The summed E-state index contributed by atoms with van der Waals surface area (Å²) in [5.41, 5.74) is 6.06. The van der Waals surface area contributed by atoms with Crippen molar-refractivity contribution in [2.75, 3.05) is 13.7 Å². The number of ether oxygens (including phenoxy) is 10. The van der Waals surface area contributed by atoms with Gasteiger partial charge < -0.3 is 47.4 Å². The molecule has 10 nitrogen and oxygen atoms in total. The van der Waals surface area contributed by atoms with Crippen LogP contribution in [0.15, 0.2) is 182 Å². The summed E-state index contributed by atoms with van der Waals surface area (Å²) in [5.74, 6) is 0. The maximum absolute atomic E-state index is 7.34. The molecule has 2 aliphatic rings. The third kappa shape index (κ3) is 13.3. The van der Waals surface area contributed by atoms with Crippen LogP contribution in [0.25, 0.3) is 0 Å². The highest BCUT2D eigenvalue weighted by molar-refractivity contribution is 5.18. The average molecular weight is 881 g/mol. The molecule has 0 aromatic heterocycles. The smallest absolute Gasteiger partial charge is 0.187 e. The van der Waals surface area contributed by atoms with Crippen molar-refractivity contribution < 1.29 is 47.4 Å². The molecule has 0 radical (unpaired) electrons. The fraction of sp³-hybridized carbons (Fsp3) is 0.345. The fourth-order valence-electron chi connectivity index (χ4n) is 8.27. The van der Waals surface area contributed by atoms with Gasteiger partial charge in [-0.05, 0) is 40.3 Å². The van der Waals surface area contributed by atoms with Crippen LogP contribution >= 0.6 is 0 Å². The minimum Gasteiger partial charge on any atom is -0.374 e. The molecular weight excluding hydrogens is 821 g/mol. The van der Waals surface area contributed by atoms with Crippen molar-refractivity contribution in [2.24, 2.45) is 0 Å². The predicted octanol–water partition coefficient (Wildman–Crippen LogP) is 9.63. The highest BCUT2D eigenvalue weighted by Crippen LogP contribution is 2.36. The average Bonchev–Trinajstić information content (AvgIpc) is 3.36. The van der Waals surface area contributed by atoms with E-state index in [0.29, 0.717) is 19.8 Å². The second kappa shape index (κ2) is 24.4. The summed E-state index contributed by atoms with van der Waals surface area (Å²) < 4.78 is 68.0. The summed E-state index contributed by atoms with van der Waals surface area (Å²) in [4.78, 5) is 0. The molecule has 65 heavy (non-hydrogen) atoms. The molecule has 10 heteroatoms. The van der Waals surface area contributed by atoms with Gasteiger partial charge in [-0.3, -0.25) is 0 Å². The lowest BCUT2D eigenvalue weighted by atomic mass is 9.96. The zero-order chi connectivity index (χ0) is 44.5. The van der Waals surface area contributed by atoms with Gasteiger partial charge in [-0.15, -0.1) is 0 Å². The Morgan fingerprint density at radius 1 is 0.354 bits per heavy atom. The number of hydrogen-bond acceptors (Lipinski definition) is 10. The summed E-state index contributed by atoms with van der Waals surface area (Å²) >= 11 is 0. The van der Waals surface area contributed by atoms with Crippen LogP contribution in [0.1, 0.15) is 40.3 Å². The van der Waals surface area contributed by atoms with Gasteiger partial charge in [0.25, 0.3) is 0 Å². The quantitative estimate of drug-likeness (QED) is 0.0657. The summed E-state index contributed by atoms with van der Waals surface area (Å²) in [5, 5.41) is 0. The third-order valence-electron chi connectivity index (χ3n) is 11.7. The molecule has 0 saturated carbocycles. The molecule has 0 spiro atoms. The molecule has 2 fully saturated rings. The number of hydrogen-bond donors (Lipinski definition) is 0. The van der Waals surface area contributed by atoms with Gasteiger partial charge in [0.2, 0.25) is 0 Å². The summed E-state index contributed by atoms with van der Waals surface area (Å²) in [6, 6.07) is 60.4. The summed E-state index contributed by atoms with van der Waals surface area (Å²) in [6.07, 6.45) is -7.18. The van der Waals surface area contributed by atoms with Crippen molar-refractivity contribution >= 4 is 0 Å². The van der Waals surface area contributed by atoms with Crippen molar-refractivity contribution in [3.63, 3.8) is 0 Å². The van der Waals surface area contributed by atoms with Gasteiger partial charge in [0.05, 0.1) is 52.4 Å². The van der Waals surface area contributed by atoms with Crippen LogP contribution in [0.3, 0.4) is 0 Å². The number of benzene rings is 6. The van der Waals surface area contributed by atoms with Gasteiger partial charge in [-0.1, -0.05) is 182 Å². The highest BCUT2D eigenvalue weighted by Gasteiger charge is 2.54. The van der Waals surface area contributed by atoms with E-state index in [0.717, 1.165) is 33.4 Å². The second-order valence-electron chi connectivity index (χ2n) is 16.4. The zero-order valence-corrected chi connectivity index (χ0v) is 37.1. The van der Waals surface area contributed by atoms with Gasteiger partial charge in [0.15, 0.2) is 12.6 Å². The maximum Gasteiger partial charge on any atom is 0.187 e. The monoisotopic (exact) mass is 880 g/mol. The van der Waals surface area contributed by atoms with E-state index in [1.165, 1.54) is 0 Å². The van der Waals surface area contributed by atoms with Crippen LogP contribution in [0.4, 0.5) is 0 Å². The molecule has 340 valence electrons. The molecule has 6 aromatic carbocycles. The fourth-order valence-corrected chi connectivity index (χ4v) is 8.27. The minimum absolute atomic E-state index is 0.157. The van der Waals surface area contributed by atoms with Crippen LogP contribution in [0.2, 0.25) is 0 Å². The van der Waals surface area contributed by atoms with Crippen molar-refractivity contribution in [3.8, 4) is 0 Å². The van der Waals surface area contributed by atoms with Gasteiger partial charge >= 0.3 is 0 Å². The van der Waals surface area contributed by atoms with E-state index < -0.39 is 61.4 Å². The molecule has 6 aromatic rings. The van der Waals surface area contributed by atoms with Crippen molar-refractivity contribution in [3.05, 3.63) is 215 Å². The molecule has 2 heterocycles. The van der Waals surface area contributed by atoms with Crippen molar-refractivity contribution in [1.82, 2.24) is 0 Å². The van der Waals surface area contributed by atoms with Gasteiger partial charge in [0, 0.05) is 7.11 Å². The van der Waals surface area contributed by atoms with E-state index in [4.69, 9.17) is 47.4 Å². The normalized spacial score (nSPS) is 25.6. The van der Waals surface area contributed by atoms with Crippen LogP contribution in [-0.2, 0) is 87.0 Å². The van der Waals surface area contributed by atoms with E-state index in [2.05, 4.69) is 0 Å². The first-order chi connectivity index (χ1) is 32.1. The first-order valence-electron chi connectivity index (χ1n) is 22.5. The molecule has 0 amide bonds. The lowest BCUT2D eigenvalue weighted by Gasteiger charge is -2.49. The first kappa shape index (κ1) is 46.4. The van der Waals surface area contributed by atoms with Crippen LogP contribution < -0.4 is 0 Å². The van der Waals surface area contributed by atoms with E-state index in [-0.39, 0.29) is 26.4 Å². The van der Waals surface area contributed by atoms with Gasteiger partial charge in [-0.25, -0.2) is 0 Å². The maximum atomic E-state index is 7.34. The molecular formula is C55H60O10. The zero-order valence-electron chi connectivity index (χ0n) is 37.1. The number of rotatable bonds is 22. The van der Waals surface area contributed by atoms with Crippen LogP contribution in [0.5, 0.6) is 0 Å². The van der Waals surface area contributed by atoms with E-state index in [1.54, 1.807) is 7.11 Å². The van der Waals surface area contributed by atoms with E-state index in [9.17, 15) is 0 Å². The molecule has 8 rings (SSSR count). The third-order valence-corrected chi connectivity index (χ3v) is 11.7. The molecule has 0 aliphatic carbocycles. The van der Waals surface area contributed by atoms with Crippen molar-refractivity contribution in [1.29, 1.82) is 0 Å². The summed E-state index contributed by atoms with van der Waals surface area (Å²) in [7, 11) is 1.62. The van der Waals surface area contributed by atoms with E-state index >= 15 is 0 Å². The van der Waals surface area contributed by atoms with Crippen LogP contribution in [0, 0.1) is 0 Å². The predicted molar refractivity (Wildman–Crippen MR) is 246 cm³/mol. The van der Waals surface area contributed by atoms with Gasteiger partial charge in [-0.2, -0.15) is 0 Å². The highest BCUT2D eigenvalue weighted by atomic mass is 16.8. The van der Waals surface area contributed by atoms with Gasteiger partial charge in [0.1, 0.15) is 42.7 Å². The first-order valence-corrected chi connectivity index (χ1v) is 22.5. The Bertz CT molecular complexity index is 2200.